The van der Waals surface area contributed by atoms with E-state index in [1.165, 1.54) is 0 Å². The standard InChI is InChI=1S/C22H27ClN4O2/c1-27-10-8-14(9-11-27)21(28)25-18-4-2-3-5-19(18)26-22(29)20-13-15-12-16(23)6-7-17(15)24-20/h6-8,12-13,18-19,24H,2-5,9-11H2,1H3,(H,25,28)(H,26,29)/t18-,19+/m1/s1. The maximum atomic E-state index is 12.8. The number of benzene rings is 1. The second-order valence-electron chi connectivity index (χ2n) is 8.10. The first-order valence-electron chi connectivity index (χ1n) is 10.3. The maximum absolute atomic E-state index is 12.8. The predicted octanol–water partition coefficient (Wildman–Crippen LogP) is 3.24. The van der Waals surface area contributed by atoms with Gasteiger partial charge in [-0.3, -0.25) is 9.59 Å². The Balaban J connectivity index is 1.42. The molecule has 0 radical (unpaired) electrons. The van der Waals surface area contributed by atoms with Crippen LogP contribution < -0.4 is 10.6 Å². The average Bonchev–Trinajstić information content (AvgIpc) is 3.13. The number of rotatable bonds is 4. The smallest absolute Gasteiger partial charge is 0.268 e. The van der Waals surface area contributed by atoms with Crippen LogP contribution in [0.3, 0.4) is 0 Å². The first-order chi connectivity index (χ1) is 14.0. The van der Waals surface area contributed by atoms with Gasteiger partial charge in [-0.15, -0.1) is 0 Å². The number of hydrogen-bond acceptors (Lipinski definition) is 3. The summed E-state index contributed by atoms with van der Waals surface area (Å²) in [5.74, 6) is -0.147. The number of hydrogen-bond donors (Lipinski definition) is 3. The summed E-state index contributed by atoms with van der Waals surface area (Å²) in [7, 11) is 2.05. The van der Waals surface area contributed by atoms with Crippen LogP contribution in [0.1, 0.15) is 42.6 Å². The van der Waals surface area contributed by atoms with Gasteiger partial charge in [-0.25, -0.2) is 0 Å². The number of likely N-dealkylation sites (N-methyl/N-ethyl adjacent to an activating group) is 1. The van der Waals surface area contributed by atoms with Gasteiger partial charge in [0.05, 0.1) is 0 Å². The second-order valence-corrected chi connectivity index (χ2v) is 8.54. The lowest BCUT2D eigenvalue weighted by Gasteiger charge is -2.33. The van der Waals surface area contributed by atoms with Gasteiger partial charge in [0.15, 0.2) is 0 Å². The second kappa shape index (κ2) is 8.59. The number of carbonyl (C=O) groups excluding carboxylic acids is 2. The van der Waals surface area contributed by atoms with Crippen molar-refractivity contribution in [3.05, 3.63) is 46.6 Å². The number of amides is 2. The maximum Gasteiger partial charge on any atom is 0.268 e. The molecule has 4 rings (SSSR count). The van der Waals surface area contributed by atoms with Crippen molar-refractivity contribution in [1.29, 1.82) is 0 Å². The number of aromatic amines is 1. The zero-order valence-electron chi connectivity index (χ0n) is 16.6. The third kappa shape index (κ3) is 4.65. The lowest BCUT2D eigenvalue weighted by atomic mass is 9.89. The van der Waals surface area contributed by atoms with Gasteiger partial charge in [-0.1, -0.05) is 30.5 Å². The molecule has 2 heterocycles. The summed E-state index contributed by atoms with van der Waals surface area (Å²) in [6.45, 7) is 1.70. The van der Waals surface area contributed by atoms with E-state index in [-0.39, 0.29) is 23.9 Å². The zero-order chi connectivity index (χ0) is 20.4. The molecule has 154 valence electrons. The van der Waals surface area contributed by atoms with E-state index >= 15 is 0 Å². The molecule has 29 heavy (non-hydrogen) atoms. The molecule has 1 saturated carbocycles. The van der Waals surface area contributed by atoms with E-state index in [0.29, 0.717) is 10.7 Å². The van der Waals surface area contributed by atoms with Gasteiger partial charge in [-0.05, 0) is 50.6 Å². The molecule has 2 aliphatic rings. The van der Waals surface area contributed by atoms with Crippen molar-refractivity contribution < 1.29 is 9.59 Å². The van der Waals surface area contributed by atoms with Gasteiger partial charge in [0, 0.05) is 46.7 Å². The predicted molar refractivity (Wildman–Crippen MR) is 115 cm³/mol. The molecule has 1 aromatic carbocycles. The van der Waals surface area contributed by atoms with Crippen molar-refractivity contribution in [2.45, 2.75) is 44.2 Å². The van der Waals surface area contributed by atoms with Crippen molar-refractivity contribution >= 4 is 34.3 Å². The van der Waals surface area contributed by atoms with E-state index in [2.05, 4.69) is 27.6 Å². The Bertz CT molecular complexity index is 951. The fourth-order valence-corrected chi connectivity index (χ4v) is 4.37. The minimum atomic E-state index is -0.151. The Morgan fingerprint density at radius 2 is 1.83 bits per heavy atom. The molecule has 3 N–H and O–H groups in total. The number of H-pyrrole nitrogens is 1. The minimum absolute atomic E-state index is 0.00417. The van der Waals surface area contributed by atoms with E-state index in [4.69, 9.17) is 11.6 Å². The van der Waals surface area contributed by atoms with Crippen LogP contribution in [0, 0.1) is 0 Å². The van der Waals surface area contributed by atoms with E-state index in [1.54, 1.807) is 6.07 Å². The number of nitrogens with zero attached hydrogens (tertiary/aromatic N) is 1. The molecule has 0 saturated heterocycles. The molecule has 7 heteroatoms. The van der Waals surface area contributed by atoms with Crippen LogP contribution in [0.5, 0.6) is 0 Å². The molecule has 0 bridgehead atoms. The molecular weight excluding hydrogens is 388 g/mol. The first-order valence-corrected chi connectivity index (χ1v) is 10.6. The van der Waals surface area contributed by atoms with Crippen LogP contribution >= 0.6 is 11.6 Å². The minimum Gasteiger partial charge on any atom is -0.351 e. The van der Waals surface area contributed by atoms with Gasteiger partial charge in [0.2, 0.25) is 5.91 Å². The van der Waals surface area contributed by atoms with Gasteiger partial charge in [-0.2, -0.15) is 0 Å². The molecular formula is C22H27ClN4O2. The number of halogens is 1. The van der Waals surface area contributed by atoms with Crippen LogP contribution in [-0.4, -0.2) is 53.9 Å². The number of carbonyl (C=O) groups is 2. The molecule has 6 nitrogen and oxygen atoms in total. The SMILES string of the molecule is CN1CC=C(C(=O)N[C@@H]2CCCC[C@@H]2NC(=O)c2cc3cc(Cl)ccc3[nH]2)CC1. The molecule has 2 amide bonds. The van der Waals surface area contributed by atoms with Crippen molar-refractivity contribution in [2.24, 2.45) is 0 Å². The monoisotopic (exact) mass is 414 g/mol. The van der Waals surface area contributed by atoms with E-state index < -0.39 is 0 Å². The number of nitrogens with one attached hydrogen (secondary N) is 3. The number of fused-ring (bicyclic) bond motifs is 1. The van der Waals surface area contributed by atoms with Gasteiger partial charge in [0.1, 0.15) is 5.69 Å². The highest BCUT2D eigenvalue weighted by Gasteiger charge is 2.29. The summed E-state index contributed by atoms with van der Waals surface area (Å²) in [5, 5.41) is 7.86. The highest BCUT2D eigenvalue weighted by Crippen LogP contribution is 2.22. The van der Waals surface area contributed by atoms with Gasteiger partial charge < -0.3 is 20.5 Å². The molecule has 1 aliphatic heterocycles. The molecule has 2 aromatic rings. The summed E-state index contributed by atoms with van der Waals surface area (Å²) in [6, 6.07) is 7.21. The molecule has 1 aromatic heterocycles. The third-order valence-corrected chi connectivity index (χ3v) is 6.17. The van der Waals surface area contributed by atoms with E-state index in [9.17, 15) is 9.59 Å². The Kier molecular flexibility index (Phi) is 5.92. The highest BCUT2D eigenvalue weighted by molar-refractivity contribution is 6.31. The summed E-state index contributed by atoms with van der Waals surface area (Å²) >= 11 is 6.04. The first kappa shape index (κ1) is 20.0. The largest absolute Gasteiger partial charge is 0.351 e. The fourth-order valence-electron chi connectivity index (χ4n) is 4.19. The van der Waals surface area contributed by atoms with Crippen molar-refractivity contribution in [3.8, 4) is 0 Å². The van der Waals surface area contributed by atoms with Crippen molar-refractivity contribution in [1.82, 2.24) is 20.5 Å². The highest BCUT2D eigenvalue weighted by atomic mass is 35.5. The Labute approximate surface area is 175 Å². The number of aromatic nitrogens is 1. The van der Waals surface area contributed by atoms with Gasteiger partial charge in [0.25, 0.3) is 5.91 Å². The summed E-state index contributed by atoms with van der Waals surface area (Å²) < 4.78 is 0. The summed E-state index contributed by atoms with van der Waals surface area (Å²) in [6.07, 6.45) is 6.63. The molecule has 1 fully saturated rings. The van der Waals surface area contributed by atoms with E-state index in [1.807, 2.05) is 24.3 Å². The zero-order valence-corrected chi connectivity index (χ0v) is 17.4. The van der Waals surface area contributed by atoms with Crippen LogP contribution in [0.2, 0.25) is 5.02 Å². The molecule has 0 spiro atoms. The van der Waals surface area contributed by atoms with Crippen LogP contribution in [0.4, 0.5) is 0 Å². The normalized spacial score (nSPS) is 22.9. The topological polar surface area (TPSA) is 77.2 Å². The van der Waals surface area contributed by atoms with Crippen LogP contribution in [0.15, 0.2) is 35.9 Å². The average molecular weight is 415 g/mol. The summed E-state index contributed by atoms with van der Waals surface area (Å²) in [5.41, 5.74) is 2.24. The Morgan fingerprint density at radius 3 is 2.52 bits per heavy atom. The van der Waals surface area contributed by atoms with Gasteiger partial charge >= 0.3 is 0 Å². The van der Waals surface area contributed by atoms with Crippen LogP contribution in [0.25, 0.3) is 10.9 Å². The Hall–Kier alpha value is -2.31. The third-order valence-electron chi connectivity index (χ3n) is 5.93. The molecule has 0 unspecified atom stereocenters. The lowest BCUT2D eigenvalue weighted by Crippen LogP contribution is -2.53. The summed E-state index contributed by atoms with van der Waals surface area (Å²) in [4.78, 5) is 30.9. The molecule has 1 aliphatic carbocycles. The quantitative estimate of drug-likeness (QED) is 0.718. The molecule has 2 atom stereocenters. The van der Waals surface area contributed by atoms with Crippen molar-refractivity contribution in [3.63, 3.8) is 0 Å². The lowest BCUT2D eigenvalue weighted by molar-refractivity contribution is -0.118. The van der Waals surface area contributed by atoms with Crippen LogP contribution in [-0.2, 0) is 4.79 Å². The fraction of sp³-hybridized carbons (Fsp3) is 0.455. The van der Waals surface area contributed by atoms with Crippen molar-refractivity contribution in [2.75, 3.05) is 20.1 Å². The Morgan fingerprint density at radius 1 is 1.10 bits per heavy atom. The van der Waals surface area contributed by atoms with E-state index in [0.717, 1.165) is 61.7 Å².